The van der Waals surface area contributed by atoms with Crippen LogP contribution in [-0.4, -0.2) is 27.5 Å². The van der Waals surface area contributed by atoms with Gasteiger partial charge in [0.2, 0.25) is 0 Å². The van der Waals surface area contributed by atoms with Crippen molar-refractivity contribution in [2.24, 2.45) is 15.0 Å². The highest BCUT2D eigenvalue weighted by molar-refractivity contribution is 6.15. The second-order valence-corrected chi connectivity index (χ2v) is 13.8. The molecule has 10 aromatic rings. The van der Waals surface area contributed by atoms with E-state index in [-0.39, 0.29) is 0 Å². The molecule has 56 heavy (non-hydrogen) atoms. The molecule has 10 rings (SSSR count). The van der Waals surface area contributed by atoms with Crippen molar-refractivity contribution >= 4 is 67.7 Å². The number of nitrogens with zero attached hydrogens (tertiary/aromatic N) is 5. The molecule has 0 bridgehead atoms. The maximum Gasteiger partial charge on any atom is 0.162 e. The average Bonchev–Trinajstić information content (AvgIpc) is 3.79. The summed E-state index contributed by atoms with van der Waals surface area (Å²) in [5.74, 6) is 1.01. The normalized spacial score (nSPS) is 12.2. The number of benzene rings is 8. The fourth-order valence-electron chi connectivity index (χ4n) is 7.90. The molecule has 264 valence electrons. The summed E-state index contributed by atoms with van der Waals surface area (Å²) in [6, 6.07) is 69.6. The van der Waals surface area contributed by atoms with Crippen molar-refractivity contribution < 1.29 is 0 Å². The molecule has 0 unspecified atom stereocenters. The molecule has 2 heterocycles. The summed E-state index contributed by atoms with van der Waals surface area (Å²) in [6.07, 6.45) is 0. The van der Waals surface area contributed by atoms with Crippen LogP contribution < -0.4 is 0 Å². The first-order valence-corrected chi connectivity index (χ1v) is 18.7. The first-order chi connectivity index (χ1) is 27.7. The highest BCUT2D eigenvalue weighted by Crippen LogP contribution is 2.36. The van der Waals surface area contributed by atoms with E-state index in [9.17, 15) is 0 Å². The highest BCUT2D eigenvalue weighted by atomic mass is 15.0. The van der Waals surface area contributed by atoms with Gasteiger partial charge in [-0.25, -0.2) is 15.0 Å². The van der Waals surface area contributed by atoms with E-state index in [0.29, 0.717) is 11.7 Å². The molecule has 0 atom stereocenters. The lowest BCUT2D eigenvalue weighted by atomic mass is 10.0. The Bertz CT molecular complexity index is 2890. The smallest absolute Gasteiger partial charge is 0.162 e. The van der Waals surface area contributed by atoms with Gasteiger partial charge in [0, 0.05) is 44.0 Å². The Kier molecular flexibility index (Phi) is 8.23. The lowest BCUT2D eigenvalue weighted by molar-refractivity contribution is 1.13. The van der Waals surface area contributed by atoms with E-state index < -0.39 is 0 Å². The van der Waals surface area contributed by atoms with Crippen molar-refractivity contribution in [1.29, 1.82) is 0 Å². The Hall–Kier alpha value is -7.63. The van der Waals surface area contributed by atoms with Crippen LogP contribution in [-0.2, 0) is 0 Å². The largest absolute Gasteiger partial charge is 0.309 e. The monoisotopic (exact) mass is 717 g/mol. The zero-order chi connectivity index (χ0) is 37.4. The highest BCUT2D eigenvalue weighted by Gasteiger charge is 2.18. The van der Waals surface area contributed by atoms with Gasteiger partial charge in [-0.3, -0.25) is 0 Å². The standard InChI is InChI=1S/C51H35N5/c1-52-50(54-51(53-39-18-6-3-7-19-39)37-30-28-36(29-31-37)35-16-4-2-5-17-35)38-32-40(55-46-24-12-8-20-42(46)43-21-9-13-25-47(43)55)34-41(33-38)56-48-26-14-10-22-44(48)45-23-11-15-27-49(45)56/h2-34H,1H2. The molecule has 0 radical (unpaired) electrons. The van der Waals surface area contributed by atoms with Crippen LogP contribution in [0.4, 0.5) is 5.69 Å². The lowest BCUT2D eigenvalue weighted by Crippen LogP contribution is -2.08. The molecule has 0 saturated heterocycles. The Labute approximate surface area is 324 Å². The molecule has 0 amide bonds. The second kappa shape index (κ2) is 14.0. The summed E-state index contributed by atoms with van der Waals surface area (Å²) >= 11 is 0. The van der Waals surface area contributed by atoms with E-state index in [1.54, 1.807) is 0 Å². The van der Waals surface area contributed by atoms with Gasteiger partial charge in [0.25, 0.3) is 0 Å². The molecule has 0 aliphatic rings. The van der Waals surface area contributed by atoms with Crippen LogP contribution in [0.15, 0.2) is 215 Å². The van der Waals surface area contributed by atoms with Gasteiger partial charge in [-0.2, -0.15) is 0 Å². The summed E-state index contributed by atoms with van der Waals surface area (Å²) in [6.45, 7) is 4.08. The summed E-state index contributed by atoms with van der Waals surface area (Å²) < 4.78 is 4.68. The predicted molar refractivity (Wildman–Crippen MR) is 236 cm³/mol. The summed E-state index contributed by atoms with van der Waals surface area (Å²) in [4.78, 5) is 15.0. The molecule has 5 nitrogen and oxygen atoms in total. The van der Waals surface area contributed by atoms with E-state index in [1.165, 1.54) is 21.5 Å². The number of amidine groups is 2. The van der Waals surface area contributed by atoms with Crippen LogP contribution in [0.2, 0.25) is 0 Å². The molecule has 0 aliphatic carbocycles. The van der Waals surface area contributed by atoms with E-state index in [4.69, 9.17) is 9.98 Å². The minimum absolute atomic E-state index is 0.469. The van der Waals surface area contributed by atoms with E-state index in [2.05, 4.69) is 185 Å². The van der Waals surface area contributed by atoms with E-state index in [1.807, 2.05) is 36.4 Å². The van der Waals surface area contributed by atoms with Crippen LogP contribution in [0.1, 0.15) is 11.1 Å². The molecule has 0 fully saturated rings. The Balaban J connectivity index is 1.22. The molecule has 0 saturated carbocycles. The molecule has 5 heteroatoms. The molecule has 0 aliphatic heterocycles. The number of hydrogen-bond donors (Lipinski definition) is 0. The van der Waals surface area contributed by atoms with Crippen LogP contribution in [0.3, 0.4) is 0 Å². The summed E-state index contributed by atoms with van der Waals surface area (Å²) in [5, 5.41) is 4.77. The molecule has 8 aromatic carbocycles. The number of fused-ring (bicyclic) bond motifs is 6. The van der Waals surface area contributed by atoms with Gasteiger partial charge in [0.05, 0.1) is 27.8 Å². The van der Waals surface area contributed by atoms with Crippen LogP contribution >= 0.6 is 0 Å². The average molecular weight is 718 g/mol. The third-order valence-corrected chi connectivity index (χ3v) is 10.4. The number of aromatic nitrogens is 2. The summed E-state index contributed by atoms with van der Waals surface area (Å²) in [5.41, 5.74) is 11.2. The molecular weight excluding hydrogens is 683 g/mol. The molecular formula is C51H35N5. The molecule has 0 spiro atoms. The van der Waals surface area contributed by atoms with Gasteiger partial charge < -0.3 is 9.13 Å². The van der Waals surface area contributed by atoms with Gasteiger partial charge in [0.1, 0.15) is 0 Å². The third kappa shape index (κ3) is 5.79. The lowest BCUT2D eigenvalue weighted by Gasteiger charge is -2.16. The minimum atomic E-state index is 0.469. The van der Waals surface area contributed by atoms with E-state index >= 15 is 0 Å². The number of hydrogen-bond acceptors (Lipinski definition) is 1. The van der Waals surface area contributed by atoms with Crippen molar-refractivity contribution in [1.82, 2.24) is 9.13 Å². The van der Waals surface area contributed by atoms with Crippen molar-refractivity contribution in [3.05, 3.63) is 211 Å². The van der Waals surface area contributed by atoms with Crippen molar-refractivity contribution in [2.45, 2.75) is 0 Å². The fraction of sp³-hybridized carbons (Fsp3) is 0. The zero-order valence-corrected chi connectivity index (χ0v) is 30.5. The minimum Gasteiger partial charge on any atom is -0.309 e. The summed E-state index contributed by atoms with van der Waals surface area (Å²) in [7, 11) is 0. The fourth-order valence-corrected chi connectivity index (χ4v) is 7.90. The predicted octanol–water partition coefficient (Wildman–Crippen LogP) is 12.8. The first kappa shape index (κ1) is 33.0. The van der Waals surface area contributed by atoms with Crippen LogP contribution in [0.5, 0.6) is 0 Å². The Morgan fingerprint density at radius 1 is 0.375 bits per heavy atom. The van der Waals surface area contributed by atoms with Gasteiger partial charge >= 0.3 is 0 Å². The zero-order valence-electron chi connectivity index (χ0n) is 30.5. The quantitative estimate of drug-likeness (QED) is 0.121. The number of aliphatic imine (C=N–C) groups is 3. The van der Waals surface area contributed by atoms with Gasteiger partial charge in [-0.15, -0.1) is 0 Å². The van der Waals surface area contributed by atoms with Crippen LogP contribution in [0, 0.1) is 0 Å². The number of para-hydroxylation sites is 5. The molecule has 0 N–H and O–H groups in total. The topological polar surface area (TPSA) is 46.9 Å². The Morgan fingerprint density at radius 2 is 0.786 bits per heavy atom. The maximum atomic E-state index is 5.25. The van der Waals surface area contributed by atoms with Crippen molar-refractivity contribution in [3.63, 3.8) is 0 Å². The van der Waals surface area contributed by atoms with Crippen molar-refractivity contribution in [3.8, 4) is 22.5 Å². The van der Waals surface area contributed by atoms with E-state index in [0.717, 1.165) is 61.4 Å². The SMILES string of the molecule is C=NC(=NC(=Nc1ccccc1)c1ccc(-c2ccccc2)cc1)c1cc(-n2c3ccccc3c3ccccc32)cc(-n2c3ccccc3c3ccccc32)c1. The van der Waals surface area contributed by atoms with Gasteiger partial charge in [-0.05, 0) is 72.4 Å². The Morgan fingerprint density at radius 3 is 1.25 bits per heavy atom. The third-order valence-electron chi connectivity index (χ3n) is 10.4. The first-order valence-electron chi connectivity index (χ1n) is 18.7. The van der Waals surface area contributed by atoms with Gasteiger partial charge in [0.15, 0.2) is 11.7 Å². The van der Waals surface area contributed by atoms with Crippen LogP contribution in [0.25, 0.3) is 66.1 Å². The molecule has 2 aromatic heterocycles. The number of rotatable bonds is 6. The van der Waals surface area contributed by atoms with Gasteiger partial charge in [-0.1, -0.05) is 146 Å². The van der Waals surface area contributed by atoms with Crippen molar-refractivity contribution in [2.75, 3.05) is 0 Å². The second-order valence-electron chi connectivity index (χ2n) is 13.8. The maximum absolute atomic E-state index is 5.25.